The van der Waals surface area contributed by atoms with Crippen LogP contribution in [-0.4, -0.2) is 24.4 Å². The van der Waals surface area contributed by atoms with Crippen LogP contribution in [0.1, 0.15) is 20.8 Å². The van der Waals surface area contributed by atoms with Crippen LogP contribution in [0.3, 0.4) is 0 Å². The fourth-order valence-corrected chi connectivity index (χ4v) is 2.13. The summed E-state index contributed by atoms with van der Waals surface area (Å²) in [6.07, 6.45) is 2.63. The minimum atomic E-state index is -3.43. The van der Waals surface area contributed by atoms with E-state index in [2.05, 4.69) is 14.7 Å². The van der Waals surface area contributed by atoms with Crippen molar-refractivity contribution in [3.8, 4) is 0 Å². The standard InChI is InChI=1S/C8H15N3O2S/c1-6(2)7(3)11-14(12,13)8-4-9-5-10-8/h4-7,11H,1-3H3,(H,9,10). The van der Waals surface area contributed by atoms with E-state index in [1.54, 1.807) is 0 Å². The number of H-pyrrole nitrogens is 1. The molecule has 0 aliphatic carbocycles. The molecule has 0 bridgehead atoms. The molecule has 14 heavy (non-hydrogen) atoms. The summed E-state index contributed by atoms with van der Waals surface area (Å²) in [5.74, 6) is 0.257. The lowest BCUT2D eigenvalue weighted by Crippen LogP contribution is -2.36. The van der Waals surface area contributed by atoms with Crippen LogP contribution in [0, 0.1) is 5.92 Å². The van der Waals surface area contributed by atoms with E-state index in [1.807, 2.05) is 20.8 Å². The number of rotatable bonds is 4. The second kappa shape index (κ2) is 4.10. The zero-order valence-corrected chi connectivity index (χ0v) is 9.30. The first-order valence-corrected chi connectivity index (χ1v) is 5.92. The summed E-state index contributed by atoms with van der Waals surface area (Å²) >= 11 is 0. The van der Waals surface area contributed by atoms with Gasteiger partial charge in [0.25, 0.3) is 10.0 Å². The van der Waals surface area contributed by atoms with Crippen molar-refractivity contribution < 1.29 is 8.42 Å². The van der Waals surface area contributed by atoms with Crippen molar-refractivity contribution in [3.63, 3.8) is 0 Å². The van der Waals surface area contributed by atoms with Crippen LogP contribution in [0.5, 0.6) is 0 Å². The van der Waals surface area contributed by atoms with Gasteiger partial charge >= 0.3 is 0 Å². The van der Waals surface area contributed by atoms with Crippen molar-refractivity contribution in [2.75, 3.05) is 0 Å². The first kappa shape index (κ1) is 11.2. The monoisotopic (exact) mass is 217 g/mol. The molecule has 0 aromatic carbocycles. The number of sulfonamides is 1. The van der Waals surface area contributed by atoms with E-state index in [-0.39, 0.29) is 17.0 Å². The van der Waals surface area contributed by atoms with Gasteiger partial charge in [0, 0.05) is 6.04 Å². The Bertz CT molecular complexity index is 369. The average molecular weight is 217 g/mol. The molecule has 0 amide bonds. The lowest BCUT2D eigenvalue weighted by atomic mass is 10.1. The third-order valence-corrected chi connectivity index (χ3v) is 3.59. The minimum absolute atomic E-state index is 0.0942. The van der Waals surface area contributed by atoms with Gasteiger partial charge in [-0.1, -0.05) is 13.8 Å². The molecule has 1 atom stereocenters. The zero-order valence-electron chi connectivity index (χ0n) is 8.48. The normalized spacial score (nSPS) is 14.6. The van der Waals surface area contributed by atoms with Crippen molar-refractivity contribution >= 4 is 10.0 Å². The highest BCUT2D eigenvalue weighted by Crippen LogP contribution is 2.07. The molecule has 1 heterocycles. The molecule has 0 radical (unpaired) electrons. The van der Waals surface area contributed by atoms with Gasteiger partial charge in [0.05, 0.1) is 12.5 Å². The molecule has 6 heteroatoms. The topological polar surface area (TPSA) is 74.8 Å². The first-order valence-electron chi connectivity index (χ1n) is 4.44. The summed E-state index contributed by atoms with van der Waals surface area (Å²) in [4.78, 5) is 6.23. The van der Waals surface area contributed by atoms with Crippen molar-refractivity contribution in [3.05, 3.63) is 12.5 Å². The van der Waals surface area contributed by atoms with Gasteiger partial charge < -0.3 is 4.98 Å². The van der Waals surface area contributed by atoms with Crippen LogP contribution in [0.15, 0.2) is 17.6 Å². The minimum Gasteiger partial charge on any atom is -0.335 e. The predicted octanol–water partition coefficient (Wildman–Crippen LogP) is 0.732. The van der Waals surface area contributed by atoms with E-state index >= 15 is 0 Å². The largest absolute Gasteiger partial charge is 0.335 e. The Balaban J connectivity index is 2.79. The quantitative estimate of drug-likeness (QED) is 0.780. The van der Waals surface area contributed by atoms with Gasteiger partial charge in [-0.2, -0.15) is 0 Å². The molecule has 0 spiro atoms. The Morgan fingerprint density at radius 2 is 2.07 bits per heavy atom. The van der Waals surface area contributed by atoms with Gasteiger partial charge in [-0.25, -0.2) is 18.1 Å². The highest BCUT2D eigenvalue weighted by atomic mass is 32.2. The third-order valence-electron chi connectivity index (χ3n) is 2.10. The maximum absolute atomic E-state index is 11.6. The number of hydrogen-bond acceptors (Lipinski definition) is 3. The lowest BCUT2D eigenvalue weighted by molar-refractivity contribution is 0.475. The summed E-state index contributed by atoms with van der Waals surface area (Å²) in [6, 6.07) is -0.0942. The van der Waals surface area contributed by atoms with Crippen LogP contribution in [0.25, 0.3) is 0 Å². The maximum Gasteiger partial charge on any atom is 0.257 e. The van der Waals surface area contributed by atoms with Gasteiger partial charge in [-0.05, 0) is 12.8 Å². The summed E-state index contributed by atoms with van der Waals surface area (Å²) in [7, 11) is -3.43. The van der Waals surface area contributed by atoms with Crippen molar-refractivity contribution in [1.29, 1.82) is 0 Å². The highest BCUT2D eigenvalue weighted by molar-refractivity contribution is 7.89. The Morgan fingerprint density at radius 1 is 1.43 bits per heavy atom. The molecule has 0 saturated carbocycles. The van der Waals surface area contributed by atoms with Crippen LogP contribution >= 0.6 is 0 Å². The van der Waals surface area contributed by atoms with Gasteiger partial charge in [-0.3, -0.25) is 0 Å². The Morgan fingerprint density at radius 3 is 2.50 bits per heavy atom. The molecule has 2 N–H and O–H groups in total. The molecule has 0 fully saturated rings. The number of nitrogens with one attached hydrogen (secondary N) is 2. The van der Waals surface area contributed by atoms with E-state index in [0.717, 1.165) is 0 Å². The molecule has 5 nitrogen and oxygen atoms in total. The number of nitrogens with zero attached hydrogens (tertiary/aromatic N) is 1. The fourth-order valence-electron chi connectivity index (χ4n) is 0.834. The summed E-state index contributed by atoms with van der Waals surface area (Å²) in [5, 5.41) is 0.102. The van der Waals surface area contributed by atoms with Crippen molar-refractivity contribution in [2.24, 2.45) is 5.92 Å². The van der Waals surface area contributed by atoms with Crippen LogP contribution in [0.4, 0.5) is 0 Å². The first-order chi connectivity index (χ1) is 6.43. The van der Waals surface area contributed by atoms with Crippen LogP contribution in [0.2, 0.25) is 0 Å². The molecule has 1 aromatic heterocycles. The van der Waals surface area contributed by atoms with Gasteiger partial charge in [-0.15, -0.1) is 0 Å². The number of imidazole rings is 1. The molecule has 0 aliphatic heterocycles. The molecule has 0 saturated heterocycles. The summed E-state index contributed by atoms with van der Waals surface area (Å²) < 4.78 is 25.8. The van der Waals surface area contributed by atoms with Gasteiger partial charge in [0.15, 0.2) is 5.03 Å². The molecule has 1 unspecified atom stereocenters. The molecular weight excluding hydrogens is 202 g/mol. The number of aromatic amines is 1. The Kier molecular flexibility index (Phi) is 3.28. The van der Waals surface area contributed by atoms with E-state index in [0.29, 0.717) is 0 Å². The Hall–Kier alpha value is -0.880. The second-order valence-corrected chi connectivity index (χ2v) is 5.25. The van der Waals surface area contributed by atoms with Gasteiger partial charge in [0.1, 0.15) is 0 Å². The van der Waals surface area contributed by atoms with E-state index in [4.69, 9.17) is 0 Å². The van der Waals surface area contributed by atoms with E-state index < -0.39 is 10.0 Å². The summed E-state index contributed by atoms with van der Waals surface area (Å²) in [6.45, 7) is 5.75. The molecule has 0 aliphatic rings. The second-order valence-electron chi connectivity index (χ2n) is 3.57. The van der Waals surface area contributed by atoms with Crippen molar-refractivity contribution in [1.82, 2.24) is 14.7 Å². The number of hydrogen-bond donors (Lipinski definition) is 2. The molecule has 1 rings (SSSR count). The fraction of sp³-hybridized carbons (Fsp3) is 0.625. The number of aromatic nitrogens is 2. The third kappa shape index (κ3) is 2.55. The van der Waals surface area contributed by atoms with Crippen LogP contribution < -0.4 is 4.72 Å². The summed E-state index contributed by atoms with van der Waals surface area (Å²) in [5.41, 5.74) is 0. The highest BCUT2D eigenvalue weighted by Gasteiger charge is 2.19. The van der Waals surface area contributed by atoms with E-state index in [9.17, 15) is 8.42 Å². The average Bonchev–Trinajstić information content (AvgIpc) is 2.54. The lowest BCUT2D eigenvalue weighted by Gasteiger charge is -2.16. The predicted molar refractivity (Wildman–Crippen MR) is 53.2 cm³/mol. The SMILES string of the molecule is CC(C)C(C)NS(=O)(=O)c1cnc[nH]1. The van der Waals surface area contributed by atoms with E-state index in [1.165, 1.54) is 12.5 Å². The zero-order chi connectivity index (χ0) is 10.8. The smallest absolute Gasteiger partial charge is 0.257 e. The van der Waals surface area contributed by atoms with Gasteiger partial charge in [0.2, 0.25) is 0 Å². The molecule has 80 valence electrons. The van der Waals surface area contributed by atoms with Crippen molar-refractivity contribution in [2.45, 2.75) is 31.8 Å². The molecule has 1 aromatic rings. The van der Waals surface area contributed by atoms with Crippen LogP contribution in [-0.2, 0) is 10.0 Å². The Labute approximate surface area is 84.0 Å². The maximum atomic E-state index is 11.6. The molecular formula is C8H15N3O2S.